The minimum absolute atomic E-state index is 0.0224. The highest BCUT2D eigenvalue weighted by Crippen LogP contribution is 2.26. The number of aliphatic hydroxyl groups is 1. The number of aromatic nitrogens is 4. The quantitative estimate of drug-likeness (QED) is 0.659. The molecule has 0 atom stereocenters. The van der Waals surface area contributed by atoms with Crippen molar-refractivity contribution >= 4 is 22.5 Å². The maximum absolute atomic E-state index is 8.94. The van der Waals surface area contributed by atoms with E-state index in [1.165, 1.54) is 7.11 Å². The summed E-state index contributed by atoms with van der Waals surface area (Å²) in [6, 6.07) is 7.78. The Hall–Kier alpha value is -2.67. The topological polar surface area (TPSA) is 95.9 Å². The molecule has 3 rings (SSSR count). The third-order valence-electron chi connectivity index (χ3n) is 3.06. The number of hydrogen-bond donors (Lipinski definition) is 3. The van der Waals surface area contributed by atoms with E-state index in [0.717, 1.165) is 10.9 Å². The summed E-state index contributed by atoms with van der Waals surface area (Å²) in [4.78, 5) is 8.58. The smallest absolute Gasteiger partial charge is 0.257 e. The van der Waals surface area contributed by atoms with E-state index < -0.39 is 0 Å². The SMILES string of the molecule is COc1nc(CCO)cnc1Nc1n[nH]c2ccccc12. The second-order valence-corrected chi connectivity index (χ2v) is 4.44. The molecule has 1 aromatic carbocycles. The lowest BCUT2D eigenvalue weighted by Gasteiger charge is -2.09. The Balaban J connectivity index is 1.94. The van der Waals surface area contributed by atoms with Crippen molar-refractivity contribution in [2.45, 2.75) is 6.42 Å². The lowest BCUT2D eigenvalue weighted by Crippen LogP contribution is -2.04. The predicted octanol–water partition coefficient (Wildman–Crippen LogP) is 1.64. The molecule has 108 valence electrons. The molecule has 3 N–H and O–H groups in total. The van der Waals surface area contributed by atoms with Gasteiger partial charge in [-0.2, -0.15) is 5.10 Å². The summed E-state index contributed by atoms with van der Waals surface area (Å²) in [5.41, 5.74) is 1.61. The number of hydrogen-bond acceptors (Lipinski definition) is 6. The van der Waals surface area contributed by atoms with Gasteiger partial charge in [0.15, 0.2) is 11.6 Å². The van der Waals surface area contributed by atoms with Crippen molar-refractivity contribution in [2.24, 2.45) is 0 Å². The molecule has 0 radical (unpaired) electrons. The van der Waals surface area contributed by atoms with E-state index in [2.05, 4.69) is 25.5 Å². The van der Waals surface area contributed by atoms with Crippen molar-refractivity contribution < 1.29 is 9.84 Å². The third-order valence-corrected chi connectivity index (χ3v) is 3.06. The van der Waals surface area contributed by atoms with Crippen LogP contribution in [0.15, 0.2) is 30.5 Å². The number of aliphatic hydroxyl groups excluding tert-OH is 1. The number of nitrogens with zero attached hydrogens (tertiary/aromatic N) is 3. The highest BCUT2D eigenvalue weighted by molar-refractivity contribution is 5.91. The Morgan fingerprint density at radius 1 is 1.29 bits per heavy atom. The van der Waals surface area contributed by atoms with Gasteiger partial charge < -0.3 is 15.2 Å². The normalized spacial score (nSPS) is 10.8. The summed E-state index contributed by atoms with van der Waals surface area (Å²) in [6.45, 7) is 0.0224. The molecular formula is C14H15N5O2. The summed E-state index contributed by atoms with van der Waals surface area (Å²) in [5, 5.41) is 20.2. The summed E-state index contributed by atoms with van der Waals surface area (Å²) in [5.74, 6) is 1.51. The van der Waals surface area contributed by atoms with Crippen molar-refractivity contribution in [1.29, 1.82) is 0 Å². The van der Waals surface area contributed by atoms with Crippen LogP contribution < -0.4 is 10.1 Å². The summed E-state index contributed by atoms with van der Waals surface area (Å²) in [6.07, 6.45) is 2.05. The van der Waals surface area contributed by atoms with Crippen LogP contribution in [0.1, 0.15) is 5.69 Å². The van der Waals surface area contributed by atoms with Crippen LogP contribution in [0.4, 0.5) is 11.6 Å². The Bertz CT molecular complexity index is 756. The molecule has 21 heavy (non-hydrogen) atoms. The van der Waals surface area contributed by atoms with Gasteiger partial charge in [-0.3, -0.25) is 5.10 Å². The van der Waals surface area contributed by atoms with Gasteiger partial charge in [-0.25, -0.2) is 9.97 Å². The fourth-order valence-electron chi connectivity index (χ4n) is 2.04. The molecule has 0 unspecified atom stereocenters. The van der Waals surface area contributed by atoms with Crippen LogP contribution in [0, 0.1) is 0 Å². The Morgan fingerprint density at radius 3 is 2.95 bits per heavy atom. The number of para-hydroxylation sites is 1. The van der Waals surface area contributed by atoms with Gasteiger partial charge in [0.2, 0.25) is 0 Å². The summed E-state index contributed by atoms with van der Waals surface area (Å²) in [7, 11) is 1.53. The van der Waals surface area contributed by atoms with Crippen LogP contribution in [-0.4, -0.2) is 39.0 Å². The van der Waals surface area contributed by atoms with Crippen molar-refractivity contribution in [1.82, 2.24) is 20.2 Å². The lowest BCUT2D eigenvalue weighted by molar-refractivity contribution is 0.297. The molecule has 0 saturated heterocycles. The first-order valence-corrected chi connectivity index (χ1v) is 6.52. The molecule has 0 aliphatic carbocycles. The fraction of sp³-hybridized carbons (Fsp3) is 0.214. The van der Waals surface area contributed by atoms with Gasteiger partial charge in [0.1, 0.15) is 0 Å². The Morgan fingerprint density at radius 2 is 2.14 bits per heavy atom. The molecule has 0 saturated carbocycles. The van der Waals surface area contributed by atoms with Gasteiger partial charge in [-0.05, 0) is 12.1 Å². The fourth-order valence-corrected chi connectivity index (χ4v) is 2.04. The van der Waals surface area contributed by atoms with Crippen molar-refractivity contribution in [3.8, 4) is 5.88 Å². The monoisotopic (exact) mass is 285 g/mol. The van der Waals surface area contributed by atoms with Crippen LogP contribution in [0.5, 0.6) is 5.88 Å². The molecule has 7 heteroatoms. The number of H-pyrrole nitrogens is 1. The molecule has 0 aliphatic heterocycles. The van der Waals surface area contributed by atoms with Gasteiger partial charge in [0.25, 0.3) is 5.88 Å². The summed E-state index contributed by atoms with van der Waals surface area (Å²) < 4.78 is 5.24. The molecule has 0 aliphatic rings. The van der Waals surface area contributed by atoms with E-state index >= 15 is 0 Å². The lowest BCUT2D eigenvalue weighted by atomic mass is 10.2. The number of aromatic amines is 1. The van der Waals surface area contributed by atoms with E-state index in [-0.39, 0.29) is 6.61 Å². The van der Waals surface area contributed by atoms with E-state index in [1.54, 1.807) is 6.20 Å². The number of benzene rings is 1. The highest BCUT2D eigenvalue weighted by Gasteiger charge is 2.12. The number of nitrogens with one attached hydrogen (secondary N) is 2. The maximum Gasteiger partial charge on any atom is 0.257 e. The van der Waals surface area contributed by atoms with E-state index in [4.69, 9.17) is 9.84 Å². The first-order valence-electron chi connectivity index (χ1n) is 6.52. The second kappa shape index (κ2) is 5.76. The zero-order valence-electron chi connectivity index (χ0n) is 11.5. The van der Waals surface area contributed by atoms with E-state index in [0.29, 0.717) is 29.6 Å². The molecule has 0 bridgehead atoms. The number of fused-ring (bicyclic) bond motifs is 1. The first-order chi connectivity index (χ1) is 10.3. The van der Waals surface area contributed by atoms with Gasteiger partial charge in [0.05, 0.1) is 24.5 Å². The maximum atomic E-state index is 8.94. The minimum Gasteiger partial charge on any atom is -0.478 e. The van der Waals surface area contributed by atoms with Crippen LogP contribution >= 0.6 is 0 Å². The van der Waals surface area contributed by atoms with Gasteiger partial charge in [-0.1, -0.05) is 12.1 Å². The van der Waals surface area contributed by atoms with E-state index in [1.807, 2.05) is 24.3 Å². The molecule has 0 amide bonds. The number of rotatable bonds is 5. The van der Waals surface area contributed by atoms with Crippen LogP contribution in [0.25, 0.3) is 10.9 Å². The molecule has 0 spiro atoms. The molecule has 2 heterocycles. The van der Waals surface area contributed by atoms with Crippen LogP contribution in [0.3, 0.4) is 0 Å². The first kappa shape index (κ1) is 13.3. The zero-order valence-corrected chi connectivity index (χ0v) is 11.5. The third kappa shape index (κ3) is 2.63. The van der Waals surface area contributed by atoms with Crippen LogP contribution in [-0.2, 0) is 6.42 Å². The minimum atomic E-state index is 0.0224. The Kier molecular flexibility index (Phi) is 3.65. The second-order valence-electron chi connectivity index (χ2n) is 4.44. The van der Waals surface area contributed by atoms with Crippen molar-refractivity contribution in [3.05, 3.63) is 36.2 Å². The number of methoxy groups -OCH3 is 1. The molecule has 0 fully saturated rings. The zero-order chi connectivity index (χ0) is 14.7. The molecule has 2 aromatic heterocycles. The van der Waals surface area contributed by atoms with Crippen molar-refractivity contribution in [3.63, 3.8) is 0 Å². The van der Waals surface area contributed by atoms with Crippen molar-refractivity contribution in [2.75, 3.05) is 19.0 Å². The number of ether oxygens (including phenoxy) is 1. The summed E-state index contributed by atoms with van der Waals surface area (Å²) >= 11 is 0. The van der Waals surface area contributed by atoms with Crippen LogP contribution in [0.2, 0.25) is 0 Å². The van der Waals surface area contributed by atoms with E-state index in [9.17, 15) is 0 Å². The highest BCUT2D eigenvalue weighted by atomic mass is 16.5. The Labute approximate surface area is 121 Å². The number of anilines is 2. The molecule has 3 aromatic rings. The van der Waals surface area contributed by atoms with Gasteiger partial charge >= 0.3 is 0 Å². The van der Waals surface area contributed by atoms with Gasteiger partial charge in [-0.15, -0.1) is 0 Å². The molecule has 7 nitrogen and oxygen atoms in total. The average molecular weight is 285 g/mol. The van der Waals surface area contributed by atoms with Gasteiger partial charge in [0, 0.05) is 18.4 Å². The predicted molar refractivity (Wildman–Crippen MR) is 78.8 cm³/mol. The largest absolute Gasteiger partial charge is 0.478 e. The molecular weight excluding hydrogens is 270 g/mol. The average Bonchev–Trinajstić information content (AvgIpc) is 2.92. The standard InChI is InChI=1S/C14H15N5O2/c1-21-14-13(15-8-9(16-14)6-7-20)17-12-10-4-2-3-5-11(10)18-19-12/h2-5,8,20H,6-7H2,1H3,(H2,15,17,18,19).